The van der Waals surface area contributed by atoms with Gasteiger partial charge in [-0.1, -0.05) is 24.3 Å². The maximum atomic E-state index is 12.5. The van der Waals surface area contributed by atoms with Gasteiger partial charge in [-0.15, -0.1) is 6.58 Å². The van der Waals surface area contributed by atoms with Gasteiger partial charge in [0.1, 0.15) is 0 Å². The molecule has 0 atom stereocenters. The van der Waals surface area contributed by atoms with E-state index >= 15 is 0 Å². The molecule has 0 aliphatic rings. The Morgan fingerprint density at radius 3 is 2.62 bits per heavy atom. The van der Waals surface area contributed by atoms with Crippen LogP contribution in [0.25, 0.3) is 0 Å². The largest absolute Gasteiger partial charge is 0.459 e. The van der Waals surface area contributed by atoms with Crippen LogP contribution in [-0.4, -0.2) is 32.8 Å². The van der Waals surface area contributed by atoms with Crippen molar-refractivity contribution in [2.75, 3.05) is 13.6 Å². The van der Waals surface area contributed by atoms with Crippen LogP contribution in [0.5, 0.6) is 0 Å². The van der Waals surface area contributed by atoms with Crippen molar-refractivity contribution in [2.24, 2.45) is 0 Å². The van der Waals surface area contributed by atoms with E-state index in [1.54, 1.807) is 31.3 Å². The minimum Gasteiger partial charge on any atom is -0.459 e. The van der Waals surface area contributed by atoms with E-state index in [0.717, 1.165) is 12.8 Å². The first-order chi connectivity index (χ1) is 11.5. The number of furan rings is 1. The Bertz CT molecular complexity index is 793. The van der Waals surface area contributed by atoms with Crippen molar-refractivity contribution in [1.82, 2.24) is 4.90 Å². The van der Waals surface area contributed by atoms with Gasteiger partial charge in [0.25, 0.3) is 5.91 Å². The van der Waals surface area contributed by atoms with Gasteiger partial charge in [-0.05, 0) is 31.0 Å². The SMILES string of the molecule is C=CCCCN(C)C(=O)c1occc1CS(=O)(=O)c1ccccc1. The number of carbonyl (C=O) groups is 1. The topological polar surface area (TPSA) is 67.6 Å². The molecule has 128 valence electrons. The van der Waals surface area contributed by atoms with Crippen LogP contribution >= 0.6 is 0 Å². The quantitative estimate of drug-likeness (QED) is 0.543. The molecule has 0 saturated heterocycles. The van der Waals surface area contributed by atoms with Crippen LogP contribution in [0.3, 0.4) is 0 Å². The van der Waals surface area contributed by atoms with E-state index in [1.165, 1.54) is 29.4 Å². The molecule has 2 aromatic rings. The summed E-state index contributed by atoms with van der Waals surface area (Å²) < 4.78 is 30.2. The summed E-state index contributed by atoms with van der Waals surface area (Å²) in [6.45, 7) is 4.20. The van der Waals surface area contributed by atoms with Gasteiger partial charge in [0.2, 0.25) is 0 Å². The molecule has 0 fully saturated rings. The van der Waals surface area contributed by atoms with Crippen molar-refractivity contribution in [2.45, 2.75) is 23.5 Å². The molecular weight excluding hydrogens is 326 g/mol. The van der Waals surface area contributed by atoms with E-state index < -0.39 is 9.84 Å². The minimum atomic E-state index is -3.53. The monoisotopic (exact) mass is 347 g/mol. The third-order valence-corrected chi connectivity index (χ3v) is 5.32. The Morgan fingerprint density at radius 1 is 1.25 bits per heavy atom. The number of nitrogens with zero attached hydrogens (tertiary/aromatic N) is 1. The molecule has 0 N–H and O–H groups in total. The smallest absolute Gasteiger partial charge is 0.289 e. The fourth-order valence-electron chi connectivity index (χ4n) is 2.30. The van der Waals surface area contributed by atoms with Crippen LogP contribution in [-0.2, 0) is 15.6 Å². The summed E-state index contributed by atoms with van der Waals surface area (Å²) in [7, 11) is -1.86. The van der Waals surface area contributed by atoms with Crippen LogP contribution in [0.15, 0.2) is 64.6 Å². The molecule has 0 spiro atoms. The zero-order valence-electron chi connectivity index (χ0n) is 13.6. The van der Waals surface area contributed by atoms with Crippen LogP contribution < -0.4 is 0 Å². The van der Waals surface area contributed by atoms with Crippen molar-refractivity contribution in [3.63, 3.8) is 0 Å². The third kappa shape index (κ3) is 4.35. The van der Waals surface area contributed by atoms with Crippen LogP contribution in [0.4, 0.5) is 0 Å². The summed E-state index contributed by atoms with van der Waals surface area (Å²) in [5.74, 6) is -0.507. The summed E-state index contributed by atoms with van der Waals surface area (Å²) in [6.07, 6.45) is 4.75. The molecule has 0 saturated carbocycles. The first-order valence-electron chi connectivity index (χ1n) is 7.66. The van der Waals surface area contributed by atoms with E-state index in [0.29, 0.717) is 12.1 Å². The van der Waals surface area contributed by atoms with Gasteiger partial charge in [-0.2, -0.15) is 0 Å². The van der Waals surface area contributed by atoms with E-state index in [4.69, 9.17) is 4.42 Å². The number of rotatable bonds is 8. The zero-order chi connectivity index (χ0) is 17.6. The first kappa shape index (κ1) is 18.0. The standard InChI is InChI=1S/C18H21NO4S/c1-3-4-8-12-19(2)18(20)17-15(11-13-23-17)14-24(21,22)16-9-6-5-7-10-16/h3,5-7,9-11,13H,1,4,8,12,14H2,2H3. The highest BCUT2D eigenvalue weighted by Crippen LogP contribution is 2.21. The number of benzene rings is 1. The number of amides is 1. The summed E-state index contributed by atoms with van der Waals surface area (Å²) in [5.41, 5.74) is 0.374. The molecule has 1 amide bonds. The summed E-state index contributed by atoms with van der Waals surface area (Å²) >= 11 is 0. The van der Waals surface area contributed by atoms with Crippen LogP contribution in [0, 0.1) is 0 Å². The maximum absolute atomic E-state index is 12.5. The lowest BCUT2D eigenvalue weighted by atomic mass is 10.2. The van der Waals surface area contributed by atoms with Crippen molar-refractivity contribution in [3.05, 3.63) is 66.6 Å². The van der Waals surface area contributed by atoms with Gasteiger partial charge in [0, 0.05) is 19.2 Å². The minimum absolute atomic E-state index is 0.0793. The lowest BCUT2D eigenvalue weighted by Gasteiger charge is -2.16. The molecule has 6 heteroatoms. The summed E-state index contributed by atoms with van der Waals surface area (Å²) in [6, 6.07) is 9.70. The second kappa shape index (κ2) is 7.97. The molecule has 5 nitrogen and oxygen atoms in total. The zero-order valence-corrected chi connectivity index (χ0v) is 14.5. The van der Waals surface area contributed by atoms with Gasteiger partial charge in [0.05, 0.1) is 16.9 Å². The van der Waals surface area contributed by atoms with Gasteiger partial charge in [0.15, 0.2) is 15.6 Å². The highest BCUT2D eigenvalue weighted by atomic mass is 32.2. The average Bonchev–Trinajstić information content (AvgIpc) is 3.02. The van der Waals surface area contributed by atoms with E-state index in [2.05, 4.69) is 6.58 Å². The molecule has 1 aromatic carbocycles. The highest BCUT2D eigenvalue weighted by Gasteiger charge is 2.24. The average molecular weight is 347 g/mol. The number of sulfone groups is 1. The molecule has 1 aromatic heterocycles. The second-order valence-electron chi connectivity index (χ2n) is 5.50. The van der Waals surface area contributed by atoms with E-state index in [1.807, 2.05) is 0 Å². The van der Waals surface area contributed by atoms with Crippen molar-refractivity contribution >= 4 is 15.7 Å². The first-order valence-corrected chi connectivity index (χ1v) is 9.31. The molecule has 2 rings (SSSR count). The predicted molar refractivity (Wildman–Crippen MR) is 92.4 cm³/mol. The molecule has 0 aliphatic heterocycles. The van der Waals surface area contributed by atoms with E-state index in [9.17, 15) is 13.2 Å². The molecule has 0 radical (unpaired) electrons. The van der Waals surface area contributed by atoms with Crippen molar-refractivity contribution in [3.8, 4) is 0 Å². The highest BCUT2D eigenvalue weighted by molar-refractivity contribution is 7.90. The Morgan fingerprint density at radius 2 is 1.96 bits per heavy atom. The lowest BCUT2D eigenvalue weighted by Crippen LogP contribution is -2.28. The number of unbranched alkanes of at least 4 members (excludes halogenated alkanes) is 1. The fourth-order valence-corrected chi connectivity index (χ4v) is 3.68. The molecular formula is C18H21NO4S. The van der Waals surface area contributed by atoms with Gasteiger partial charge in [-0.25, -0.2) is 8.42 Å². The fraction of sp³-hybridized carbons (Fsp3) is 0.278. The van der Waals surface area contributed by atoms with Crippen LogP contribution in [0.1, 0.15) is 29.0 Å². The van der Waals surface area contributed by atoms with E-state index in [-0.39, 0.29) is 22.3 Å². The maximum Gasteiger partial charge on any atom is 0.289 e. The second-order valence-corrected chi connectivity index (χ2v) is 7.49. The Balaban J connectivity index is 2.15. The lowest BCUT2D eigenvalue weighted by molar-refractivity contribution is 0.0761. The molecule has 0 unspecified atom stereocenters. The molecule has 0 aliphatic carbocycles. The molecule has 1 heterocycles. The number of carbonyl (C=O) groups excluding carboxylic acids is 1. The third-order valence-electron chi connectivity index (χ3n) is 3.64. The van der Waals surface area contributed by atoms with Gasteiger partial charge >= 0.3 is 0 Å². The number of allylic oxidation sites excluding steroid dienone is 1. The number of hydrogen-bond donors (Lipinski definition) is 0. The normalized spacial score (nSPS) is 11.2. The molecule has 24 heavy (non-hydrogen) atoms. The summed E-state index contributed by atoms with van der Waals surface area (Å²) in [5, 5.41) is 0. The van der Waals surface area contributed by atoms with Crippen molar-refractivity contribution in [1.29, 1.82) is 0 Å². The number of hydrogen-bond acceptors (Lipinski definition) is 4. The Hall–Kier alpha value is -2.34. The van der Waals surface area contributed by atoms with Gasteiger partial charge in [-0.3, -0.25) is 4.79 Å². The predicted octanol–water partition coefficient (Wildman–Crippen LogP) is 3.29. The molecule has 0 bridgehead atoms. The Labute approximate surface area is 142 Å². The van der Waals surface area contributed by atoms with Gasteiger partial charge < -0.3 is 9.32 Å². The summed E-state index contributed by atoms with van der Waals surface area (Å²) in [4.78, 5) is 14.2. The Kier molecular flexibility index (Phi) is 5.98. The van der Waals surface area contributed by atoms with Crippen molar-refractivity contribution < 1.29 is 17.6 Å². The van der Waals surface area contributed by atoms with Crippen LogP contribution in [0.2, 0.25) is 0 Å².